The van der Waals surface area contributed by atoms with E-state index < -0.39 is 0 Å². The van der Waals surface area contributed by atoms with Gasteiger partial charge in [0.2, 0.25) is 0 Å². The van der Waals surface area contributed by atoms with Gasteiger partial charge in [0.05, 0.1) is 0 Å². The molecule has 0 unspecified atom stereocenters. The molecule has 1 nitrogen and oxygen atoms in total. The minimum Gasteiger partial charge on any atom is -0.512 e. The topological polar surface area (TPSA) is 23.8 Å². The summed E-state index contributed by atoms with van der Waals surface area (Å²) in [5, 5.41) is 6.25. The molecule has 0 aromatic heterocycles. The summed E-state index contributed by atoms with van der Waals surface area (Å²) < 4.78 is 0. The van der Waals surface area contributed by atoms with E-state index in [1.807, 2.05) is 60.7 Å². The number of benzene rings is 2. The Morgan fingerprint density at radius 3 is 0.882 bits per heavy atom. The van der Waals surface area contributed by atoms with Crippen molar-refractivity contribution in [3.05, 3.63) is 79.4 Å². The summed E-state index contributed by atoms with van der Waals surface area (Å²) in [6, 6.07) is 25.0. The zero-order valence-electron chi connectivity index (χ0n) is 10.0. The van der Waals surface area contributed by atoms with E-state index in [2.05, 4.69) is 12.1 Å². The Bertz CT molecular complexity index is 229. The van der Waals surface area contributed by atoms with E-state index in [4.69, 9.17) is 11.8 Å². The predicted octanol–water partition coefficient (Wildman–Crippen LogP) is -2.92. The summed E-state index contributed by atoms with van der Waals surface area (Å²) >= 11 is 0. The molecule has 0 heterocycles. The second-order valence-electron chi connectivity index (χ2n) is 2.15. The first kappa shape index (κ1) is 25.5. The van der Waals surface area contributed by atoms with E-state index in [1.54, 1.807) is 0 Å². The van der Waals surface area contributed by atoms with E-state index in [0.717, 1.165) is 0 Å². The van der Waals surface area contributed by atoms with Crippen LogP contribution in [0.25, 0.3) is 0 Å². The first-order valence-corrected chi connectivity index (χ1v) is 4.04. The monoisotopic (exact) mass is 257 g/mol. The van der Waals surface area contributed by atoms with E-state index in [1.165, 1.54) is 0 Å². The molecular weight excluding hydrogens is 248 g/mol. The van der Waals surface area contributed by atoms with Crippen LogP contribution in [0.5, 0.6) is 0 Å². The third kappa shape index (κ3) is 21.5. The van der Waals surface area contributed by atoms with Gasteiger partial charge in [-0.05, 0) is 0 Å². The average Bonchev–Trinajstić information content (AvgIpc) is 2.37. The molecule has 0 amide bonds. The summed E-state index contributed by atoms with van der Waals surface area (Å²) in [7, 11) is 0. The quantitative estimate of drug-likeness (QED) is 0.366. The van der Waals surface area contributed by atoms with Gasteiger partial charge in [0.15, 0.2) is 0 Å². The van der Waals surface area contributed by atoms with Crippen LogP contribution in [0.1, 0.15) is 0 Å². The van der Waals surface area contributed by atoms with Crippen LogP contribution < -0.4 is 37.7 Å². The van der Waals surface area contributed by atoms with Gasteiger partial charge in [-0.2, -0.15) is 72.8 Å². The molecule has 0 aliphatic carbocycles. The largest absolute Gasteiger partial charge is 1.00 e. The van der Waals surface area contributed by atoms with Crippen LogP contribution in [0, 0.1) is 24.0 Å². The van der Waals surface area contributed by atoms with E-state index in [-0.39, 0.29) is 54.8 Å². The third-order valence-electron chi connectivity index (χ3n) is 1.21. The van der Waals surface area contributed by atoms with E-state index >= 15 is 0 Å². The number of nitrogens with zero attached hydrogens (tertiary/aromatic N) is 1. The Morgan fingerprint density at radius 2 is 0.824 bits per heavy atom. The molecule has 17 heavy (non-hydrogen) atoms. The second-order valence-corrected chi connectivity index (χ2v) is 2.15. The molecule has 0 saturated carbocycles. The van der Waals surface area contributed by atoms with Gasteiger partial charge in [0.1, 0.15) is 0 Å². The van der Waals surface area contributed by atoms with Crippen molar-refractivity contribution >= 4 is 0 Å². The fourth-order valence-electron chi connectivity index (χ4n) is 0.684. The first-order valence-electron chi connectivity index (χ1n) is 4.04. The number of rotatable bonds is 0. The van der Waals surface area contributed by atoms with Gasteiger partial charge >= 0.3 is 54.8 Å². The van der Waals surface area contributed by atoms with Crippen molar-refractivity contribution in [2.45, 2.75) is 0 Å². The SMILES string of the molecule is [C-]#N.[Cu+].[Li+].[Li+].[c-]1ccccc1.[c-]1ccccc1. The molecule has 0 spiro atoms. The number of hydrogen-bond donors (Lipinski definition) is 0. The molecule has 0 radical (unpaired) electrons. The molecule has 80 valence electrons. The fourth-order valence-corrected chi connectivity index (χ4v) is 0.684. The van der Waals surface area contributed by atoms with Crippen molar-refractivity contribution < 1.29 is 54.8 Å². The molecule has 0 fully saturated rings. The van der Waals surface area contributed by atoms with Gasteiger partial charge in [-0.1, -0.05) is 0 Å². The zero-order chi connectivity index (χ0) is 10.5. The standard InChI is InChI=1S/2C6H5.CN.Cu.2Li/c2*1-2-4-6-5-3-1;1-2;;;/h2*1-5H;;;;/q3*-1;3*+1. The molecule has 2 aromatic rings. The molecule has 0 atom stereocenters. The Labute approximate surface area is 138 Å². The summed E-state index contributed by atoms with van der Waals surface area (Å²) in [5.41, 5.74) is 0. The summed E-state index contributed by atoms with van der Waals surface area (Å²) in [6.45, 7) is 4.75. The molecule has 0 aliphatic rings. The minimum absolute atomic E-state index is 0. The van der Waals surface area contributed by atoms with Crippen LogP contribution in [-0.2, 0) is 17.1 Å². The molecule has 0 bridgehead atoms. The van der Waals surface area contributed by atoms with Crippen molar-refractivity contribution in [2.24, 2.45) is 0 Å². The van der Waals surface area contributed by atoms with Gasteiger partial charge in [0, 0.05) is 0 Å². The molecule has 4 heteroatoms. The van der Waals surface area contributed by atoms with Gasteiger partial charge < -0.3 is 11.8 Å². The van der Waals surface area contributed by atoms with Crippen LogP contribution in [-0.4, -0.2) is 0 Å². The van der Waals surface area contributed by atoms with Crippen LogP contribution in [0.2, 0.25) is 0 Å². The summed E-state index contributed by atoms with van der Waals surface area (Å²) in [4.78, 5) is 0. The van der Waals surface area contributed by atoms with Gasteiger partial charge in [-0.3, -0.25) is 0 Å². The molecule has 0 aliphatic heterocycles. The average molecular weight is 258 g/mol. The number of hydrogen-bond acceptors (Lipinski definition) is 1. The zero-order valence-corrected chi connectivity index (χ0v) is 11.0. The Balaban J connectivity index is -0.0000000752. The Kier molecular flexibility index (Phi) is 37.1. The van der Waals surface area contributed by atoms with Crippen LogP contribution in [0.4, 0.5) is 0 Å². The van der Waals surface area contributed by atoms with Crippen molar-refractivity contribution in [1.29, 1.82) is 5.26 Å². The fraction of sp³-hybridized carbons (Fsp3) is 0. The van der Waals surface area contributed by atoms with Crippen LogP contribution in [0.15, 0.2) is 60.7 Å². The van der Waals surface area contributed by atoms with Crippen molar-refractivity contribution in [1.82, 2.24) is 0 Å². The third-order valence-corrected chi connectivity index (χ3v) is 1.21. The maximum atomic E-state index is 6.25. The van der Waals surface area contributed by atoms with Gasteiger partial charge in [-0.25, -0.2) is 0 Å². The normalized spacial score (nSPS) is 5.76. The summed E-state index contributed by atoms with van der Waals surface area (Å²) in [6.07, 6.45) is 0. The molecule has 2 rings (SSSR count). The van der Waals surface area contributed by atoms with Crippen molar-refractivity contribution in [2.75, 3.05) is 0 Å². The Hall–Kier alpha value is -0.356. The maximum absolute atomic E-state index is 6.25. The van der Waals surface area contributed by atoms with E-state index in [0.29, 0.717) is 0 Å². The van der Waals surface area contributed by atoms with Crippen LogP contribution in [0.3, 0.4) is 0 Å². The van der Waals surface area contributed by atoms with Crippen molar-refractivity contribution in [3.63, 3.8) is 0 Å². The second kappa shape index (κ2) is 24.7. The van der Waals surface area contributed by atoms with E-state index in [9.17, 15) is 0 Å². The molecule has 0 N–H and O–H groups in total. The maximum Gasteiger partial charge on any atom is 1.00 e. The predicted molar refractivity (Wildman–Crippen MR) is 55.5 cm³/mol. The first-order chi connectivity index (χ1) is 7.00. The Morgan fingerprint density at radius 1 is 0.588 bits per heavy atom. The summed E-state index contributed by atoms with van der Waals surface area (Å²) in [5.74, 6) is 0. The molecular formula is C13H10CuLi2N. The van der Waals surface area contributed by atoms with Crippen molar-refractivity contribution in [3.8, 4) is 0 Å². The van der Waals surface area contributed by atoms with Crippen LogP contribution >= 0.6 is 0 Å². The van der Waals surface area contributed by atoms with Gasteiger partial charge in [0.25, 0.3) is 0 Å². The molecule has 2 aromatic carbocycles. The van der Waals surface area contributed by atoms with Gasteiger partial charge in [-0.15, -0.1) is 0 Å². The smallest absolute Gasteiger partial charge is 0.512 e. The minimum atomic E-state index is 0. The molecule has 0 saturated heterocycles.